The van der Waals surface area contributed by atoms with Gasteiger partial charge >= 0.3 is 6.01 Å². The lowest BCUT2D eigenvalue weighted by molar-refractivity contribution is 0.282. The van der Waals surface area contributed by atoms with Crippen LogP contribution >= 0.6 is 11.6 Å². The van der Waals surface area contributed by atoms with Crippen molar-refractivity contribution in [1.82, 2.24) is 19.9 Å². The predicted octanol–water partition coefficient (Wildman–Crippen LogP) is 7.23. The van der Waals surface area contributed by atoms with Crippen LogP contribution in [-0.4, -0.2) is 33.1 Å². The summed E-state index contributed by atoms with van der Waals surface area (Å²) < 4.78 is 35.3. The van der Waals surface area contributed by atoms with Gasteiger partial charge < -0.3 is 10.1 Å². The van der Waals surface area contributed by atoms with Crippen molar-refractivity contribution >= 4 is 28.3 Å². The second-order valence-electron chi connectivity index (χ2n) is 8.90. The van der Waals surface area contributed by atoms with Crippen molar-refractivity contribution in [2.75, 3.05) is 18.5 Å². The SMILES string of the molecule is Cc1nc2cc(F)c(-c3cnc(OCCCCCN=[N+]=[N-])nc3)nc2c(N[C@H](C)c2cc(C#N)ccc2F)c1Cl. The molecule has 10 nitrogen and oxygen atoms in total. The number of aryl methyl sites for hydroxylation is 1. The molecular weight excluding hydrogens is 540 g/mol. The molecule has 4 rings (SSSR count). The summed E-state index contributed by atoms with van der Waals surface area (Å²) in [5, 5.41) is 16.1. The number of azide groups is 1. The van der Waals surface area contributed by atoms with Crippen molar-refractivity contribution < 1.29 is 13.5 Å². The van der Waals surface area contributed by atoms with Crippen molar-refractivity contribution in [3.8, 4) is 23.3 Å². The van der Waals surface area contributed by atoms with Crippen LogP contribution in [0.25, 0.3) is 32.7 Å². The zero-order valence-corrected chi connectivity index (χ0v) is 22.5. The molecule has 204 valence electrons. The summed E-state index contributed by atoms with van der Waals surface area (Å²) in [6, 6.07) is 6.86. The molecule has 0 aliphatic heterocycles. The lowest BCUT2D eigenvalue weighted by atomic mass is 10.0. The van der Waals surface area contributed by atoms with Crippen LogP contribution in [0.3, 0.4) is 0 Å². The Morgan fingerprint density at radius 2 is 1.93 bits per heavy atom. The van der Waals surface area contributed by atoms with Crippen LogP contribution in [-0.2, 0) is 0 Å². The van der Waals surface area contributed by atoms with Crippen LogP contribution in [0.1, 0.15) is 49.0 Å². The molecule has 0 saturated carbocycles. The van der Waals surface area contributed by atoms with Crippen molar-refractivity contribution in [2.45, 2.75) is 39.2 Å². The molecule has 0 amide bonds. The minimum Gasteiger partial charge on any atom is -0.463 e. The average molecular weight is 564 g/mol. The first-order valence-electron chi connectivity index (χ1n) is 12.4. The van der Waals surface area contributed by atoms with E-state index >= 15 is 4.39 Å². The third-order valence-electron chi connectivity index (χ3n) is 6.07. The topological polar surface area (TPSA) is 145 Å². The minimum absolute atomic E-state index is 0.0211. The Morgan fingerprint density at radius 3 is 2.65 bits per heavy atom. The minimum atomic E-state index is -0.634. The number of nitrogens with one attached hydrogen (secondary N) is 1. The maximum absolute atomic E-state index is 15.2. The van der Waals surface area contributed by atoms with Gasteiger partial charge in [0.2, 0.25) is 0 Å². The fourth-order valence-corrected chi connectivity index (χ4v) is 4.21. The molecule has 0 bridgehead atoms. The van der Waals surface area contributed by atoms with Crippen molar-refractivity contribution in [1.29, 1.82) is 5.26 Å². The molecule has 0 saturated heterocycles. The zero-order chi connectivity index (χ0) is 28.6. The number of nitriles is 1. The lowest BCUT2D eigenvalue weighted by Crippen LogP contribution is -2.11. The van der Waals surface area contributed by atoms with Crippen molar-refractivity contribution in [3.63, 3.8) is 0 Å². The fourth-order valence-electron chi connectivity index (χ4n) is 4.02. The van der Waals surface area contributed by atoms with E-state index in [9.17, 15) is 9.65 Å². The lowest BCUT2D eigenvalue weighted by Gasteiger charge is -2.20. The number of unbranched alkanes of at least 4 members (excludes halogenated alkanes) is 2. The van der Waals surface area contributed by atoms with E-state index in [0.717, 1.165) is 19.3 Å². The first-order chi connectivity index (χ1) is 19.3. The second-order valence-corrected chi connectivity index (χ2v) is 9.28. The molecule has 4 aromatic rings. The normalized spacial score (nSPS) is 11.5. The van der Waals surface area contributed by atoms with E-state index in [4.69, 9.17) is 21.9 Å². The Kier molecular flexibility index (Phi) is 9.22. The van der Waals surface area contributed by atoms with Gasteiger partial charge in [0.15, 0.2) is 5.82 Å². The third kappa shape index (κ3) is 6.51. The smallest absolute Gasteiger partial charge is 0.316 e. The molecular formula is C27H24ClF2N9O. The van der Waals surface area contributed by atoms with E-state index in [1.54, 1.807) is 13.8 Å². The number of benzene rings is 1. The van der Waals surface area contributed by atoms with Gasteiger partial charge in [-0.3, -0.25) is 0 Å². The molecule has 0 spiro atoms. The van der Waals surface area contributed by atoms with Crippen LogP contribution in [0.2, 0.25) is 5.02 Å². The van der Waals surface area contributed by atoms with Crippen LogP contribution in [0, 0.1) is 29.9 Å². The Bertz CT molecular complexity index is 1620. The molecule has 40 heavy (non-hydrogen) atoms. The maximum atomic E-state index is 15.2. The van der Waals surface area contributed by atoms with Gasteiger partial charge in [0.25, 0.3) is 0 Å². The number of rotatable bonds is 11. The van der Waals surface area contributed by atoms with Crippen LogP contribution in [0.5, 0.6) is 6.01 Å². The van der Waals surface area contributed by atoms with Crippen LogP contribution < -0.4 is 10.1 Å². The maximum Gasteiger partial charge on any atom is 0.316 e. The molecule has 0 radical (unpaired) electrons. The summed E-state index contributed by atoms with van der Waals surface area (Å²) in [5.41, 5.74) is 10.5. The molecule has 0 unspecified atom stereocenters. The third-order valence-corrected chi connectivity index (χ3v) is 6.53. The van der Waals surface area contributed by atoms with E-state index in [1.165, 1.54) is 36.7 Å². The van der Waals surface area contributed by atoms with Gasteiger partial charge in [-0.05, 0) is 56.8 Å². The summed E-state index contributed by atoms with van der Waals surface area (Å²) in [4.78, 5) is 19.9. The summed E-state index contributed by atoms with van der Waals surface area (Å²) in [7, 11) is 0. The number of aromatic nitrogens is 4. The molecule has 1 atom stereocenters. The highest BCUT2D eigenvalue weighted by atomic mass is 35.5. The number of pyridine rings is 2. The largest absolute Gasteiger partial charge is 0.463 e. The average Bonchev–Trinajstić information content (AvgIpc) is 2.95. The van der Waals surface area contributed by atoms with Gasteiger partial charge in [-0.25, -0.2) is 28.7 Å². The monoisotopic (exact) mass is 563 g/mol. The van der Waals surface area contributed by atoms with E-state index in [2.05, 4.69) is 35.3 Å². The van der Waals surface area contributed by atoms with Crippen molar-refractivity contribution in [3.05, 3.63) is 80.6 Å². The van der Waals surface area contributed by atoms with Gasteiger partial charge in [0.1, 0.15) is 17.0 Å². The number of anilines is 1. The number of fused-ring (bicyclic) bond motifs is 1. The molecule has 1 N–H and O–H groups in total. The summed E-state index contributed by atoms with van der Waals surface area (Å²) in [6.07, 6.45) is 5.13. The van der Waals surface area contributed by atoms with E-state index in [0.29, 0.717) is 35.7 Å². The van der Waals surface area contributed by atoms with E-state index in [1.807, 2.05) is 6.07 Å². The van der Waals surface area contributed by atoms with E-state index in [-0.39, 0.29) is 33.3 Å². The van der Waals surface area contributed by atoms with Gasteiger partial charge in [-0.15, -0.1) is 0 Å². The molecule has 3 aromatic heterocycles. The van der Waals surface area contributed by atoms with Crippen LogP contribution in [0.15, 0.2) is 41.8 Å². The molecule has 0 fully saturated rings. The number of ether oxygens (including phenoxy) is 1. The van der Waals surface area contributed by atoms with Crippen LogP contribution in [0.4, 0.5) is 14.5 Å². The number of halogens is 3. The number of nitrogens with zero attached hydrogens (tertiary/aromatic N) is 8. The molecule has 13 heteroatoms. The van der Waals surface area contributed by atoms with E-state index < -0.39 is 17.7 Å². The molecule has 0 aliphatic carbocycles. The Balaban J connectivity index is 1.60. The summed E-state index contributed by atoms with van der Waals surface area (Å²) >= 11 is 6.59. The molecule has 1 aromatic carbocycles. The number of hydrogen-bond acceptors (Lipinski definition) is 8. The number of hydrogen-bond donors (Lipinski definition) is 1. The van der Waals surface area contributed by atoms with Gasteiger partial charge in [-0.1, -0.05) is 16.7 Å². The highest BCUT2D eigenvalue weighted by Crippen LogP contribution is 2.36. The summed E-state index contributed by atoms with van der Waals surface area (Å²) in [5.74, 6) is -1.12. The van der Waals surface area contributed by atoms with Crippen molar-refractivity contribution in [2.24, 2.45) is 5.11 Å². The Labute approximate surface area is 233 Å². The Morgan fingerprint density at radius 1 is 1.15 bits per heavy atom. The van der Waals surface area contributed by atoms with Gasteiger partial charge in [0, 0.05) is 41.0 Å². The second kappa shape index (κ2) is 13.0. The summed E-state index contributed by atoms with van der Waals surface area (Å²) in [6.45, 7) is 4.21. The zero-order valence-electron chi connectivity index (χ0n) is 21.7. The standard InChI is InChI=1S/C27H24ClF2N9O/c1-15(19-10-17(12-31)6-7-20(19)29)37-26-23(28)16(2)36-22-11-21(30)24(38-25(22)26)18-13-33-27(34-14-18)40-9-5-3-4-8-35-39-32/h6-7,10-11,13-15H,3-5,8-9H2,1-2H3,(H,36,37)/t15-/m1/s1. The fraction of sp³-hybridized carbons (Fsp3) is 0.296. The molecule has 3 heterocycles. The first kappa shape index (κ1) is 28.4. The quantitative estimate of drug-likeness (QED) is 0.0876. The van der Waals surface area contributed by atoms with Gasteiger partial charge in [0.05, 0.1) is 46.2 Å². The Hall–Kier alpha value is -4.59. The predicted molar refractivity (Wildman–Crippen MR) is 147 cm³/mol. The highest BCUT2D eigenvalue weighted by molar-refractivity contribution is 6.35. The highest BCUT2D eigenvalue weighted by Gasteiger charge is 2.20. The first-order valence-corrected chi connectivity index (χ1v) is 12.8. The molecule has 0 aliphatic rings. The van der Waals surface area contributed by atoms with Gasteiger partial charge in [-0.2, -0.15) is 5.26 Å².